The molecular formula is C9H14OSSi. The number of aromatic hydroxyl groups is 1. The van der Waals surface area contributed by atoms with E-state index in [1.165, 1.54) is 0 Å². The van der Waals surface area contributed by atoms with E-state index in [-0.39, 0.29) is 0 Å². The Hall–Kier alpha value is -0.413. The van der Waals surface area contributed by atoms with Crippen molar-refractivity contribution in [3.63, 3.8) is 0 Å². The largest absolute Gasteiger partial charge is 0.507 e. The number of phenolic OH excluding ortho intramolecular Hbond substituents is 1. The van der Waals surface area contributed by atoms with Gasteiger partial charge in [-0.05, 0) is 12.1 Å². The number of hydrogen-bond donors (Lipinski definition) is 1. The molecule has 1 N–H and O–H groups in total. The lowest BCUT2D eigenvalue weighted by molar-refractivity contribution is 0.462. The average molecular weight is 198 g/mol. The molecule has 0 aliphatic heterocycles. The third-order valence-corrected chi connectivity index (χ3v) is 4.96. The zero-order valence-electron chi connectivity index (χ0n) is 7.66. The van der Waals surface area contributed by atoms with Crippen LogP contribution >= 0.6 is 11.2 Å². The van der Waals surface area contributed by atoms with E-state index in [1.807, 2.05) is 29.4 Å². The minimum Gasteiger partial charge on any atom is -0.507 e. The van der Waals surface area contributed by atoms with Gasteiger partial charge in [-0.3, -0.25) is 0 Å². The Morgan fingerprint density at radius 3 is 2.25 bits per heavy atom. The Bertz CT molecular complexity index is 267. The zero-order valence-corrected chi connectivity index (χ0v) is 9.48. The maximum absolute atomic E-state index is 9.48. The second-order valence-electron chi connectivity index (χ2n) is 3.68. The lowest BCUT2D eigenvalue weighted by atomic mass is 10.3. The third kappa shape index (κ3) is 2.91. The Kier molecular flexibility index (Phi) is 2.85. The van der Waals surface area contributed by atoms with Crippen LogP contribution in [0.15, 0.2) is 29.2 Å². The minimum absolute atomic E-state index is 0.407. The Labute approximate surface area is 78.5 Å². The van der Waals surface area contributed by atoms with Gasteiger partial charge in [-0.15, -0.1) is 11.2 Å². The van der Waals surface area contributed by atoms with Gasteiger partial charge >= 0.3 is 0 Å². The summed E-state index contributed by atoms with van der Waals surface area (Å²) in [7, 11) is -1.17. The highest BCUT2D eigenvalue weighted by molar-refractivity contribution is 8.28. The van der Waals surface area contributed by atoms with Gasteiger partial charge in [0.25, 0.3) is 0 Å². The molecule has 0 spiro atoms. The first-order chi connectivity index (χ1) is 5.49. The molecule has 0 atom stereocenters. The number of benzene rings is 1. The first-order valence-corrected chi connectivity index (χ1v) is 9.00. The van der Waals surface area contributed by atoms with Crippen LogP contribution in [-0.4, -0.2) is 12.3 Å². The standard InChI is InChI=1S/C9H14OSSi/c1-12(2,3)11-9-7-5-4-6-8(9)10/h4-7,10H,1-3H3. The molecule has 12 heavy (non-hydrogen) atoms. The van der Waals surface area contributed by atoms with Crippen molar-refractivity contribution in [3.05, 3.63) is 24.3 Å². The molecule has 0 aliphatic carbocycles. The lowest BCUT2D eigenvalue weighted by Gasteiger charge is -2.15. The summed E-state index contributed by atoms with van der Waals surface area (Å²) in [6.45, 7) is 6.80. The van der Waals surface area contributed by atoms with Crippen LogP contribution < -0.4 is 0 Å². The molecule has 0 amide bonds. The van der Waals surface area contributed by atoms with Crippen molar-refractivity contribution in [2.24, 2.45) is 0 Å². The summed E-state index contributed by atoms with van der Waals surface area (Å²) >= 11 is 1.82. The minimum atomic E-state index is -1.17. The first-order valence-electron chi connectivity index (χ1n) is 3.96. The number of para-hydroxylation sites is 1. The normalized spacial score (nSPS) is 11.6. The fourth-order valence-corrected chi connectivity index (χ4v) is 4.35. The molecule has 0 heterocycles. The molecule has 0 fully saturated rings. The van der Waals surface area contributed by atoms with Crippen LogP contribution in [0.2, 0.25) is 19.6 Å². The van der Waals surface area contributed by atoms with E-state index < -0.39 is 7.22 Å². The van der Waals surface area contributed by atoms with E-state index in [1.54, 1.807) is 6.07 Å². The lowest BCUT2D eigenvalue weighted by Crippen LogP contribution is -2.13. The van der Waals surface area contributed by atoms with Gasteiger partial charge in [0.1, 0.15) is 13.0 Å². The van der Waals surface area contributed by atoms with E-state index in [2.05, 4.69) is 19.6 Å². The summed E-state index contributed by atoms with van der Waals surface area (Å²) in [5.41, 5.74) is 0. The van der Waals surface area contributed by atoms with Crippen molar-refractivity contribution in [2.75, 3.05) is 0 Å². The molecule has 1 nitrogen and oxygen atoms in total. The molecule has 0 bridgehead atoms. The van der Waals surface area contributed by atoms with Gasteiger partial charge < -0.3 is 5.11 Å². The topological polar surface area (TPSA) is 20.2 Å². The highest BCUT2D eigenvalue weighted by Crippen LogP contribution is 2.34. The molecule has 3 heteroatoms. The Balaban J connectivity index is 2.83. The van der Waals surface area contributed by atoms with Crippen LogP contribution in [0.1, 0.15) is 0 Å². The van der Waals surface area contributed by atoms with Gasteiger partial charge in [-0.2, -0.15) is 0 Å². The second kappa shape index (κ2) is 3.54. The van der Waals surface area contributed by atoms with Gasteiger partial charge in [0.05, 0.1) is 0 Å². The fourth-order valence-electron chi connectivity index (χ4n) is 0.873. The maximum atomic E-state index is 9.48. The molecule has 0 radical (unpaired) electrons. The molecule has 66 valence electrons. The average Bonchev–Trinajstić information content (AvgIpc) is 1.91. The Morgan fingerprint density at radius 1 is 1.17 bits per heavy atom. The molecule has 0 unspecified atom stereocenters. The summed E-state index contributed by atoms with van der Waals surface area (Å²) in [6, 6.07) is 7.52. The molecule has 1 rings (SSSR count). The molecule has 0 saturated carbocycles. The predicted molar refractivity (Wildman–Crippen MR) is 57.3 cm³/mol. The first kappa shape index (κ1) is 9.67. The summed E-state index contributed by atoms with van der Waals surface area (Å²) in [5.74, 6) is 0.407. The summed E-state index contributed by atoms with van der Waals surface area (Å²) in [4.78, 5) is 1.01. The van der Waals surface area contributed by atoms with Gasteiger partial charge in [0.15, 0.2) is 0 Å². The van der Waals surface area contributed by atoms with Crippen LogP contribution in [0, 0.1) is 0 Å². The van der Waals surface area contributed by atoms with Crippen molar-refractivity contribution < 1.29 is 5.11 Å². The molecule has 1 aromatic rings. The van der Waals surface area contributed by atoms with E-state index in [0.717, 1.165) is 4.90 Å². The van der Waals surface area contributed by atoms with Crippen molar-refractivity contribution in [3.8, 4) is 5.75 Å². The molecule has 1 aromatic carbocycles. The Morgan fingerprint density at radius 2 is 1.75 bits per heavy atom. The quantitative estimate of drug-likeness (QED) is 0.736. The van der Waals surface area contributed by atoms with E-state index in [4.69, 9.17) is 0 Å². The van der Waals surface area contributed by atoms with Crippen LogP contribution in [0.3, 0.4) is 0 Å². The highest BCUT2D eigenvalue weighted by Gasteiger charge is 2.16. The van der Waals surface area contributed by atoms with Gasteiger partial charge in [0, 0.05) is 4.90 Å². The summed E-state index contributed by atoms with van der Waals surface area (Å²) in [5, 5.41) is 9.48. The van der Waals surface area contributed by atoms with Gasteiger partial charge in [0.2, 0.25) is 0 Å². The summed E-state index contributed by atoms with van der Waals surface area (Å²) < 4.78 is 0. The smallest absolute Gasteiger partial charge is 0.128 e. The molecule has 0 aliphatic rings. The highest BCUT2D eigenvalue weighted by atomic mass is 32.4. The SMILES string of the molecule is C[Si](C)(C)Sc1ccccc1O. The van der Waals surface area contributed by atoms with Gasteiger partial charge in [-0.1, -0.05) is 31.8 Å². The second-order valence-corrected chi connectivity index (χ2v) is 12.8. The van der Waals surface area contributed by atoms with Crippen molar-refractivity contribution >= 4 is 18.4 Å². The third-order valence-electron chi connectivity index (χ3n) is 1.28. The number of phenols is 1. The van der Waals surface area contributed by atoms with Crippen molar-refractivity contribution in [1.29, 1.82) is 0 Å². The van der Waals surface area contributed by atoms with Crippen LogP contribution in [-0.2, 0) is 0 Å². The van der Waals surface area contributed by atoms with Crippen LogP contribution in [0.25, 0.3) is 0 Å². The number of rotatable bonds is 2. The number of hydrogen-bond acceptors (Lipinski definition) is 2. The van der Waals surface area contributed by atoms with Crippen molar-refractivity contribution in [2.45, 2.75) is 24.5 Å². The molecule has 0 aromatic heterocycles. The van der Waals surface area contributed by atoms with Crippen LogP contribution in [0.5, 0.6) is 5.75 Å². The molecular weight excluding hydrogens is 184 g/mol. The maximum Gasteiger partial charge on any atom is 0.128 e. The van der Waals surface area contributed by atoms with Crippen molar-refractivity contribution in [1.82, 2.24) is 0 Å². The fraction of sp³-hybridized carbons (Fsp3) is 0.333. The predicted octanol–water partition coefficient (Wildman–Crippen LogP) is 3.32. The van der Waals surface area contributed by atoms with Gasteiger partial charge in [-0.25, -0.2) is 0 Å². The monoisotopic (exact) mass is 198 g/mol. The summed E-state index contributed by atoms with van der Waals surface area (Å²) in [6.07, 6.45) is 0. The van der Waals surface area contributed by atoms with E-state index in [9.17, 15) is 5.11 Å². The van der Waals surface area contributed by atoms with E-state index >= 15 is 0 Å². The molecule has 0 saturated heterocycles. The zero-order chi connectivity index (χ0) is 9.19. The van der Waals surface area contributed by atoms with E-state index in [0.29, 0.717) is 5.75 Å². The van der Waals surface area contributed by atoms with Crippen LogP contribution in [0.4, 0.5) is 0 Å².